The van der Waals surface area contributed by atoms with E-state index in [4.69, 9.17) is 17.3 Å². The van der Waals surface area contributed by atoms with Crippen LogP contribution in [-0.4, -0.2) is 18.6 Å². The molecule has 3 nitrogen and oxygen atoms in total. The molecule has 1 aromatic carbocycles. The maximum Gasteiger partial charge on any atom is 0.326 e. The lowest BCUT2D eigenvalue weighted by molar-refractivity contribution is -0.143. The Morgan fingerprint density at radius 1 is 1.53 bits per heavy atom. The fourth-order valence-corrected chi connectivity index (χ4v) is 1.93. The van der Waals surface area contributed by atoms with Gasteiger partial charge in [0.1, 0.15) is 5.54 Å². The number of rotatable bonds is 2. The molecule has 1 aliphatic rings. The minimum absolute atomic E-state index is 0.0576. The first-order chi connectivity index (χ1) is 7.08. The van der Waals surface area contributed by atoms with Crippen LogP contribution in [0.25, 0.3) is 0 Å². The summed E-state index contributed by atoms with van der Waals surface area (Å²) in [5.41, 5.74) is 6.11. The van der Waals surface area contributed by atoms with Gasteiger partial charge in [0.2, 0.25) is 0 Å². The highest BCUT2D eigenvalue weighted by molar-refractivity contribution is 6.30. The predicted molar refractivity (Wildman–Crippen MR) is 57.7 cm³/mol. The van der Waals surface area contributed by atoms with Crippen molar-refractivity contribution in [2.45, 2.75) is 17.9 Å². The molecule has 1 aliphatic carbocycles. The average Bonchev–Trinajstić information content (AvgIpc) is 2.92. The highest BCUT2D eigenvalue weighted by Crippen LogP contribution is 2.50. The van der Waals surface area contributed by atoms with E-state index >= 15 is 0 Å². The standard InChI is InChI=1S/C11H12ClNO2/c1-15-10(14)11(13)6-9(11)7-2-4-8(12)5-3-7/h2-5,9H,6,13H2,1H3. The quantitative estimate of drug-likeness (QED) is 0.780. The summed E-state index contributed by atoms with van der Waals surface area (Å²) >= 11 is 5.77. The molecule has 0 aliphatic heterocycles. The van der Waals surface area contributed by atoms with Crippen LogP contribution < -0.4 is 5.73 Å². The van der Waals surface area contributed by atoms with Crippen molar-refractivity contribution in [2.24, 2.45) is 5.73 Å². The van der Waals surface area contributed by atoms with E-state index in [2.05, 4.69) is 4.74 Å². The minimum Gasteiger partial charge on any atom is -0.468 e. The van der Waals surface area contributed by atoms with Crippen LogP contribution in [0, 0.1) is 0 Å². The van der Waals surface area contributed by atoms with Crippen LogP contribution in [0.3, 0.4) is 0 Å². The third-order valence-corrected chi connectivity index (χ3v) is 3.09. The molecule has 0 aromatic heterocycles. The summed E-state index contributed by atoms with van der Waals surface area (Å²) in [6, 6.07) is 7.38. The molecule has 0 radical (unpaired) electrons. The summed E-state index contributed by atoms with van der Waals surface area (Å²) < 4.78 is 4.66. The molecule has 0 spiro atoms. The first kappa shape index (κ1) is 10.5. The lowest BCUT2D eigenvalue weighted by Gasteiger charge is -2.08. The fourth-order valence-electron chi connectivity index (χ4n) is 1.80. The molecule has 0 heterocycles. The molecule has 4 heteroatoms. The van der Waals surface area contributed by atoms with Crippen LogP contribution in [0.2, 0.25) is 5.02 Å². The van der Waals surface area contributed by atoms with Crippen molar-refractivity contribution < 1.29 is 9.53 Å². The Balaban J connectivity index is 2.16. The van der Waals surface area contributed by atoms with Crippen molar-refractivity contribution in [3.63, 3.8) is 0 Å². The van der Waals surface area contributed by atoms with Crippen molar-refractivity contribution in [1.82, 2.24) is 0 Å². The number of benzene rings is 1. The van der Waals surface area contributed by atoms with Gasteiger partial charge in [-0.3, -0.25) is 4.79 Å². The Labute approximate surface area is 93.2 Å². The van der Waals surface area contributed by atoms with Crippen LogP contribution in [0.4, 0.5) is 0 Å². The SMILES string of the molecule is COC(=O)C1(N)CC1c1ccc(Cl)cc1. The summed E-state index contributed by atoms with van der Waals surface area (Å²) in [6.45, 7) is 0. The van der Waals surface area contributed by atoms with Gasteiger partial charge >= 0.3 is 5.97 Å². The second-order valence-electron chi connectivity index (χ2n) is 3.84. The highest BCUT2D eigenvalue weighted by Gasteiger charge is 2.58. The van der Waals surface area contributed by atoms with Gasteiger partial charge in [0, 0.05) is 10.9 Å². The van der Waals surface area contributed by atoms with E-state index in [1.165, 1.54) is 7.11 Å². The number of carbonyl (C=O) groups is 1. The summed E-state index contributed by atoms with van der Waals surface area (Å²) in [7, 11) is 1.36. The molecule has 0 bridgehead atoms. The number of esters is 1. The van der Waals surface area contributed by atoms with Crippen LogP contribution in [0.1, 0.15) is 17.9 Å². The molecule has 2 rings (SSSR count). The zero-order valence-corrected chi connectivity index (χ0v) is 9.12. The summed E-state index contributed by atoms with van der Waals surface area (Å²) in [6.07, 6.45) is 0.640. The normalized spacial score (nSPS) is 28.6. The van der Waals surface area contributed by atoms with Crippen LogP contribution >= 0.6 is 11.6 Å². The third kappa shape index (κ3) is 1.73. The summed E-state index contributed by atoms with van der Waals surface area (Å²) in [5, 5.41) is 0.681. The average molecular weight is 226 g/mol. The number of carbonyl (C=O) groups excluding carboxylic acids is 1. The molecule has 2 unspecified atom stereocenters. The van der Waals surface area contributed by atoms with Gasteiger partial charge < -0.3 is 10.5 Å². The Morgan fingerprint density at radius 3 is 2.67 bits per heavy atom. The van der Waals surface area contributed by atoms with Crippen molar-refractivity contribution >= 4 is 17.6 Å². The van der Waals surface area contributed by atoms with Crippen molar-refractivity contribution in [3.05, 3.63) is 34.9 Å². The summed E-state index contributed by atoms with van der Waals surface area (Å²) in [4.78, 5) is 11.4. The lowest BCUT2D eigenvalue weighted by atomic mass is 10.1. The molecule has 1 saturated carbocycles. The van der Waals surface area contributed by atoms with E-state index < -0.39 is 5.54 Å². The Morgan fingerprint density at radius 2 is 2.13 bits per heavy atom. The maximum absolute atomic E-state index is 11.4. The first-order valence-corrected chi connectivity index (χ1v) is 5.08. The molecular formula is C11H12ClNO2. The van der Waals surface area contributed by atoms with E-state index in [1.807, 2.05) is 12.1 Å². The number of halogens is 1. The highest BCUT2D eigenvalue weighted by atomic mass is 35.5. The molecule has 0 saturated heterocycles. The van der Waals surface area contributed by atoms with Gasteiger partial charge in [-0.25, -0.2) is 0 Å². The maximum atomic E-state index is 11.4. The van der Waals surface area contributed by atoms with Crippen LogP contribution in [0.5, 0.6) is 0 Å². The smallest absolute Gasteiger partial charge is 0.326 e. The topological polar surface area (TPSA) is 52.3 Å². The van der Waals surface area contributed by atoms with Gasteiger partial charge in [0.25, 0.3) is 0 Å². The van der Waals surface area contributed by atoms with E-state index in [9.17, 15) is 4.79 Å². The molecule has 2 atom stereocenters. The van der Waals surface area contributed by atoms with Gasteiger partial charge in [0.15, 0.2) is 0 Å². The minimum atomic E-state index is -0.831. The molecule has 2 N–H and O–H groups in total. The predicted octanol–water partition coefficient (Wildman–Crippen LogP) is 1.70. The Hall–Kier alpha value is -1.06. The molecular weight excluding hydrogens is 214 g/mol. The Kier molecular flexibility index (Phi) is 2.44. The van der Waals surface area contributed by atoms with E-state index in [1.54, 1.807) is 12.1 Å². The zero-order valence-electron chi connectivity index (χ0n) is 8.37. The van der Waals surface area contributed by atoms with Crippen LogP contribution in [0.15, 0.2) is 24.3 Å². The van der Waals surface area contributed by atoms with Crippen molar-refractivity contribution in [2.75, 3.05) is 7.11 Å². The van der Waals surface area contributed by atoms with Crippen molar-refractivity contribution in [3.8, 4) is 0 Å². The van der Waals surface area contributed by atoms with Gasteiger partial charge in [0.05, 0.1) is 7.11 Å². The number of hydrogen-bond donors (Lipinski definition) is 1. The van der Waals surface area contributed by atoms with Gasteiger partial charge in [-0.05, 0) is 24.1 Å². The second-order valence-corrected chi connectivity index (χ2v) is 4.28. The summed E-state index contributed by atoms with van der Waals surface area (Å²) in [5.74, 6) is -0.287. The largest absolute Gasteiger partial charge is 0.468 e. The zero-order chi connectivity index (χ0) is 11.1. The number of ether oxygens (including phenoxy) is 1. The van der Waals surface area contributed by atoms with Gasteiger partial charge in [-0.15, -0.1) is 0 Å². The number of hydrogen-bond acceptors (Lipinski definition) is 3. The van der Waals surface area contributed by atoms with Gasteiger partial charge in [-0.2, -0.15) is 0 Å². The molecule has 1 aromatic rings. The van der Waals surface area contributed by atoms with E-state index in [-0.39, 0.29) is 11.9 Å². The molecule has 0 amide bonds. The third-order valence-electron chi connectivity index (χ3n) is 2.84. The number of methoxy groups -OCH3 is 1. The molecule has 1 fully saturated rings. The second kappa shape index (κ2) is 3.51. The monoisotopic (exact) mass is 225 g/mol. The van der Waals surface area contributed by atoms with E-state index in [0.717, 1.165) is 5.56 Å². The molecule has 80 valence electrons. The van der Waals surface area contributed by atoms with Gasteiger partial charge in [-0.1, -0.05) is 23.7 Å². The first-order valence-electron chi connectivity index (χ1n) is 4.70. The lowest BCUT2D eigenvalue weighted by Crippen LogP contribution is -2.35. The Bertz CT molecular complexity index is 390. The van der Waals surface area contributed by atoms with E-state index in [0.29, 0.717) is 11.4 Å². The van der Waals surface area contributed by atoms with Crippen molar-refractivity contribution in [1.29, 1.82) is 0 Å². The van der Waals surface area contributed by atoms with Crippen LogP contribution in [-0.2, 0) is 9.53 Å². The molecule has 15 heavy (non-hydrogen) atoms. The number of nitrogens with two attached hydrogens (primary N) is 1. The fraction of sp³-hybridized carbons (Fsp3) is 0.364.